The van der Waals surface area contributed by atoms with Gasteiger partial charge in [-0.05, 0) is 47.9 Å². The Morgan fingerprint density at radius 3 is 2.55 bits per heavy atom. The van der Waals surface area contributed by atoms with Crippen molar-refractivity contribution in [3.8, 4) is 5.75 Å². The standard InChI is InChI=1S/C21H29NO5S2/c1-15(2)8-6-5-7-9-16-10-11-17(18(14-16)26-3)22-29(24,25)19-12-13-28-20(19)21(23)27-4/h10-15,22H,5-9H2,1-4H3. The van der Waals surface area contributed by atoms with Gasteiger partial charge in [-0.15, -0.1) is 11.3 Å². The number of aryl methyl sites for hydroxylation is 1. The highest BCUT2D eigenvalue weighted by Crippen LogP contribution is 2.31. The summed E-state index contributed by atoms with van der Waals surface area (Å²) in [7, 11) is -1.23. The number of sulfonamides is 1. The molecular formula is C21H29NO5S2. The average molecular weight is 440 g/mol. The third-order valence-electron chi connectivity index (χ3n) is 4.55. The molecule has 29 heavy (non-hydrogen) atoms. The zero-order chi connectivity index (χ0) is 21.4. The number of carbonyl (C=O) groups is 1. The van der Waals surface area contributed by atoms with Crippen LogP contribution < -0.4 is 9.46 Å². The molecule has 0 bridgehead atoms. The highest BCUT2D eigenvalue weighted by Gasteiger charge is 2.25. The van der Waals surface area contributed by atoms with E-state index >= 15 is 0 Å². The molecule has 0 saturated carbocycles. The van der Waals surface area contributed by atoms with Gasteiger partial charge in [0.05, 0.1) is 19.9 Å². The summed E-state index contributed by atoms with van der Waals surface area (Å²) in [6, 6.07) is 6.84. The lowest BCUT2D eigenvalue weighted by atomic mass is 10.0. The first kappa shape index (κ1) is 23.2. The number of unbranched alkanes of at least 4 members (excludes halogenated alkanes) is 2. The highest BCUT2D eigenvalue weighted by atomic mass is 32.2. The molecule has 0 spiro atoms. The van der Waals surface area contributed by atoms with Crippen LogP contribution in [0.1, 0.15) is 54.8 Å². The van der Waals surface area contributed by atoms with E-state index in [2.05, 4.69) is 23.3 Å². The molecular weight excluding hydrogens is 410 g/mol. The predicted molar refractivity (Wildman–Crippen MR) is 116 cm³/mol. The summed E-state index contributed by atoms with van der Waals surface area (Å²) in [4.78, 5) is 11.8. The van der Waals surface area contributed by atoms with Crippen molar-refractivity contribution in [3.63, 3.8) is 0 Å². The van der Waals surface area contributed by atoms with Gasteiger partial charge in [0.1, 0.15) is 15.5 Å². The van der Waals surface area contributed by atoms with E-state index in [4.69, 9.17) is 4.74 Å². The number of esters is 1. The van der Waals surface area contributed by atoms with Crippen LogP contribution in [0.3, 0.4) is 0 Å². The molecule has 0 aliphatic carbocycles. The van der Waals surface area contributed by atoms with Crippen molar-refractivity contribution in [2.24, 2.45) is 5.92 Å². The van der Waals surface area contributed by atoms with Gasteiger partial charge in [-0.3, -0.25) is 4.72 Å². The fourth-order valence-electron chi connectivity index (χ4n) is 2.98. The molecule has 1 heterocycles. The number of rotatable bonds is 11. The molecule has 0 radical (unpaired) electrons. The minimum Gasteiger partial charge on any atom is -0.495 e. The van der Waals surface area contributed by atoms with E-state index in [1.807, 2.05) is 12.1 Å². The lowest BCUT2D eigenvalue weighted by Gasteiger charge is -2.13. The fourth-order valence-corrected chi connectivity index (χ4v) is 5.39. The van der Waals surface area contributed by atoms with Gasteiger partial charge in [-0.1, -0.05) is 39.2 Å². The molecule has 1 aromatic heterocycles. The van der Waals surface area contributed by atoms with E-state index in [9.17, 15) is 13.2 Å². The van der Waals surface area contributed by atoms with Crippen LogP contribution in [0, 0.1) is 5.92 Å². The van der Waals surface area contributed by atoms with Crippen LogP contribution in [-0.2, 0) is 21.2 Å². The van der Waals surface area contributed by atoms with E-state index in [1.165, 1.54) is 39.5 Å². The number of methoxy groups -OCH3 is 2. The van der Waals surface area contributed by atoms with Crippen LogP contribution >= 0.6 is 11.3 Å². The van der Waals surface area contributed by atoms with Crippen LogP contribution in [0.4, 0.5) is 5.69 Å². The monoisotopic (exact) mass is 439 g/mol. The maximum atomic E-state index is 12.8. The van der Waals surface area contributed by atoms with Gasteiger partial charge in [0, 0.05) is 0 Å². The Morgan fingerprint density at radius 2 is 1.90 bits per heavy atom. The van der Waals surface area contributed by atoms with Gasteiger partial charge in [0.2, 0.25) is 0 Å². The molecule has 0 unspecified atom stereocenters. The first-order chi connectivity index (χ1) is 13.8. The second-order valence-electron chi connectivity index (χ2n) is 7.24. The molecule has 0 fully saturated rings. The number of hydrogen-bond acceptors (Lipinski definition) is 6. The molecule has 2 aromatic rings. The summed E-state index contributed by atoms with van der Waals surface area (Å²) in [6.07, 6.45) is 5.62. The molecule has 160 valence electrons. The Hall–Kier alpha value is -2.06. The van der Waals surface area contributed by atoms with Crippen molar-refractivity contribution in [1.29, 1.82) is 0 Å². The van der Waals surface area contributed by atoms with Crippen molar-refractivity contribution in [1.82, 2.24) is 0 Å². The maximum absolute atomic E-state index is 12.8. The molecule has 1 N–H and O–H groups in total. The van der Waals surface area contributed by atoms with E-state index in [1.54, 1.807) is 11.4 Å². The number of nitrogens with one attached hydrogen (secondary N) is 1. The van der Waals surface area contributed by atoms with Gasteiger partial charge < -0.3 is 9.47 Å². The smallest absolute Gasteiger partial charge is 0.349 e. The number of thiophene rings is 1. The normalized spacial score (nSPS) is 11.5. The molecule has 0 atom stereocenters. The van der Waals surface area contributed by atoms with Crippen LogP contribution in [0.5, 0.6) is 5.75 Å². The Bertz CT molecular complexity index is 919. The lowest BCUT2D eigenvalue weighted by Crippen LogP contribution is -2.16. The number of ether oxygens (including phenoxy) is 2. The first-order valence-corrected chi connectivity index (χ1v) is 12.0. The highest BCUT2D eigenvalue weighted by molar-refractivity contribution is 7.93. The first-order valence-electron chi connectivity index (χ1n) is 9.64. The van der Waals surface area contributed by atoms with E-state index < -0.39 is 16.0 Å². The second-order valence-corrected chi connectivity index (χ2v) is 9.81. The summed E-state index contributed by atoms with van der Waals surface area (Å²) < 4.78 is 38.2. The van der Waals surface area contributed by atoms with Gasteiger partial charge in [0.25, 0.3) is 10.0 Å². The van der Waals surface area contributed by atoms with Gasteiger partial charge in [-0.25, -0.2) is 13.2 Å². The Morgan fingerprint density at radius 1 is 1.14 bits per heavy atom. The Balaban J connectivity index is 2.11. The van der Waals surface area contributed by atoms with Crippen molar-refractivity contribution in [3.05, 3.63) is 40.1 Å². The third-order valence-corrected chi connectivity index (χ3v) is 6.98. The summed E-state index contributed by atoms with van der Waals surface area (Å²) in [6.45, 7) is 4.46. The summed E-state index contributed by atoms with van der Waals surface area (Å²) in [5.41, 5.74) is 1.43. The largest absolute Gasteiger partial charge is 0.495 e. The van der Waals surface area contributed by atoms with Gasteiger partial charge in [-0.2, -0.15) is 0 Å². The molecule has 2 rings (SSSR count). The molecule has 8 heteroatoms. The van der Waals surface area contributed by atoms with Crippen LogP contribution in [0.2, 0.25) is 0 Å². The lowest BCUT2D eigenvalue weighted by molar-refractivity contribution is 0.0602. The third kappa shape index (κ3) is 6.47. The number of hydrogen-bond donors (Lipinski definition) is 1. The quantitative estimate of drug-likeness (QED) is 0.389. The number of carbonyl (C=O) groups excluding carboxylic acids is 1. The zero-order valence-corrected chi connectivity index (χ0v) is 19.0. The minimum absolute atomic E-state index is 0.0389. The van der Waals surface area contributed by atoms with Crippen molar-refractivity contribution in [2.75, 3.05) is 18.9 Å². The molecule has 0 saturated heterocycles. The van der Waals surface area contributed by atoms with Crippen molar-refractivity contribution < 1.29 is 22.7 Å². The molecule has 0 aliphatic rings. The Kier molecular flexibility index (Phi) is 8.52. The maximum Gasteiger partial charge on any atom is 0.349 e. The van der Waals surface area contributed by atoms with E-state index in [-0.39, 0.29) is 9.77 Å². The zero-order valence-electron chi connectivity index (χ0n) is 17.4. The Labute approximate surface area is 177 Å². The van der Waals surface area contributed by atoms with Crippen LogP contribution in [0.25, 0.3) is 0 Å². The van der Waals surface area contributed by atoms with E-state index in [0.717, 1.165) is 35.7 Å². The SMILES string of the molecule is COC(=O)c1sccc1S(=O)(=O)Nc1ccc(CCCCCC(C)C)cc1OC. The van der Waals surface area contributed by atoms with Crippen molar-refractivity contribution in [2.45, 2.75) is 50.8 Å². The second kappa shape index (κ2) is 10.6. The summed E-state index contributed by atoms with van der Waals surface area (Å²) in [5, 5.41) is 1.54. The summed E-state index contributed by atoms with van der Waals surface area (Å²) in [5.74, 6) is 0.494. The summed E-state index contributed by atoms with van der Waals surface area (Å²) >= 11 is 1.02. The average Bonchev–Trinajstić information content (AvgIpc) is 3.18. The minimum atomic E-state index is -3.95. The van der Waals surface area contributed by atoms with Crippen molar-refractivity contribution >= 4 is 33.0 Å². The fraction of sp³-hybridized carbons (Fsp3) is 0.476. The van der Waals surface area contributed by atoms with Crippen LogP contribution in [-0.4, -0.2) is 28.6 Å². The number of benzene rings is 1. The van der Waals surface area contributed by atoms with Gasteiger partial charge >= 0.3 is 5.97 Å². The molecule has 0 aliphatic heterocycles. The topological polar surface area (TPSA) is 81.7 Å². The molecule has 6 nitrogen and oxygen atoms in total. The van der Waals surface area contributed by atoms with Gasteiger partial charge in [0.15, 0.2) is 0 Å². The number of anilines is 1. The molecule has 0 amide bonds. The van der Waals surface area contributed by atoms with Crippen LogP contribution in [0.15, 0.2) is 34.5 Å². The predicted octanol–water partition coefficient (Wildman–Crippen LogP) is 5.10. The molecule has 1 aromatic carbocycles. The van der Waals surface area contributed by atoms with E-state index in [0.29, 0.717) is 11.4 Å².